The monoisotopic (exact) mass is 274 g/mol. The highest BCUT2D eigenvalue weighted by Gasteiger charge is 2.16. The summed E-state index contributed by atoms with van der Waals surface area (Å²) in [5, 5.41) is 0. The van der Waals surface area contributed by atoms with Crippen molar-refractivity contribution in [3.8, 4) is 5.75 Å². The highest BCUT2D eigenvalue weighted by atomic mass is 19.1. The molecule has 20 heavy (non-hydrogen) atoms. The quantitative estimate of drug-likeness (QED) is 0.665. The molecule has 0 saturated carbocycles. The lowest BCUT2D eigenvalue weighted by molar-refractivity contribution is 0.411. The van der Waals surface area contributed by atoms with Crippen LogP contribution in [0.3, 0.4) is 0 Å². The molecule has 3 nitrogen and oxygen atoms in total. The predicted molar refractivity (Wildman–Crippen MR) is 78.0 cm³/mol. The first kappa shape index (κ1) is 14.5. The number of methoxy groups -OCH3 is 1. The number of nitrogens with two attached hydrogens (primary N) is 1. The summed E-state index contributed by atoms with van der Waals surface area (Å²) in [5.74, 6) is 6.28. The Morgan fingerprint density at radius 2 is 1.75 bits per heavy atom. The number of aryl methyl sites for hydroxylation is 2. The minimum atomic E-state index is -0.257. The molecule has 0 aromatic heterocycles. The van der Waals surface area contributed by atoms with Crippen molar-refractivity contribution in [2.75, 3.05) is 7.11 Å². The number of benzene rings is 2. The van der Waals surface area contributed by atoms with Crippen LogP contribution in [0, 0.1) is 19.7 Å². The molecule has 1 atom stereocenters. The van der Waals surface area contributed by atoms with E-state index in [2.05, 4.69) is 5.43 Å². The molecule has 0 bridgehead atoms. The van der Waals surface area contributed by atoms with E-state index in [0.29, 0.717) is 0 Å². The normalized spacial score (nSPS) is 12.2. The maximum absolute atomic E-state index is 13.0. The van der Waals surface area contributed by atoms with Crippen LogP contribution in [0.15, 0.2) is 36.4 Å². The molecule has 0 amide bonds. The van der Waals surface area contributed by atoms with Crippen molar-refractivity contribution in [1.29, 1.82) is 0 Å². The molecule has 0 aliphatic carbocycles. The second-order valence-corrected chi connectivity index (χ2v) is 4.83. The van der Waals surface area contributed by atoms with Gasteiger partial charge in [-0.05, 0) is 54.3 Å². The molecule has 0 spiro atoms. The molecule has 4 heteroatoms. The van der Waals surface area contributed by atoms with Crippen LogP contribution in [-0.2, 0) is 0 Å². The molecule has 2 rings (SSSR count). The number of rotatable bonds is 4. The van der Waals surface area contributed by atoms with Gasteiger partial charge in [-0.2, -0.15) is 0 Å². The number of hydrogen-bond donors (Lipinski definition) is 2. The third kappa shape index (κ3) is 2.81. The van der Waals surface area contributed by atoms with E-state index in [9.17, 15) is 4.39 Å². The molecule has 0 radical (unpaired) electrons. The fourth-order valence-corrected chi connectivity index (χ4v) is 2.36. The van der Waals surface area contributed by atoms with Crippen molar-refractivity contribution in [1.82, 2.24) is 5.43 Å². The minimum Gasteiger partial charge on any atom is -0.496 e. The van der Waals surface area contributed by atoms with Gasteiger partial charge >= 0.3 is 0 Å². The minimum absolute atomic E-state index is 0.180. The highest BCUT2D eigenvalue weighted by Crippen LogP contribution is 2.29. The summed E-state index contributed by atoms with van der Waals surface area (Å²) >= 11 is 0. The van der Waals surface area contributed by atoms with Crippen LogP contribution in [0.2, 0.25) is 0 Å². The van der Waals surface area contributed by atoms with Crippen LogP contribution >= 0.6 is 0 Å². The fraction of sp³-hybridized carbons (Fsp3) is 0.250. The van der Waals surface area contributed by atoms with Crippen LogP contribution in [-0.4, -0.2) is 7.11 Å². The lowest BCUT2D eigenvalue weighted by Crippen LogP contribution is -2.29. The van der Waals surface area contributed by atoms with E-state index in [1.54, 1.807) is 19.2 Å². The second kappa shape index (κ2) is 6.03. The van der Waals surface area contributed by atoms with Crippen LogP contribution in [0.5, 0.6) is 5.75 Å². The number of halogens is 1. The van der Waals surface area contributed by atoms with E-state index in [0.717, 1.165) is 28.0 Å². The van der Waals surface area contributed by atoms with Crippen LogP contribution in [0.25, 0.3) is 0 Å². The van der Waals surface area contributed by atoms with E-state index in [-0.39, 0.29) is 11.9 Å². The maximum atomic E-state index is 13.0. The summed E-state index contributed by atoms with van der Waals surface area (Å²) in [6.07, 6.45) is 0. The lowest BCUT2D eigenvalue weighted by Gasteiger charge is -2.21. The summed E-state index contributed by atoms with van der Waals surface area (Å²) in [6.45, 7) is 3.99. The zero-order valence-corrected chi connectivity index (χ0v) is 11.9. The summed E-state index contributed by atoms with van der Waals surface area (Å²) in [5.41, 5.74) is 6.87. The zero-order chi connectivity index (χ0) is 14.7. The average molecular weight is 274 g/mol. The third-order valence-corrected chi connectivity index (χ3v) is 3.46. The van der Waals surface area contributed by atoms with Gasteiger partial charge in [0.05, 0.1) is 13.2 Å². The van der Waals surface area contributed by atoms with E-state index >= 15 is 0 Å². The molecule has 2 aromatic carbocycles. The van der Waals surface area contributed by atoms with E-state index < -0.39 is 0 Å². The Balaban J connectivity index is 2.46. The molecule has 0 aliphatic heterocycles. The Morgan fingerprint density at radius 3 is 2.30 bits per heavy atom. The Morgan fingerprint density at radius 1 is 1.10 bits per heavy atom. The summed E-state index contributed by atoms with van der Waals surface area (Å²) in [7, 11) is 1.65. The zero-order valence-electron chi connectivity index (χ0n) is 11.9. The number of hydrogen-bond acceptors (Lipinski definition) is 3. The van der Waals surface area contributed by atoms with Crippen molar-refractivity contribution in [3.05, 3.63) is 64.5 Å². The number of hydrazine groups is 1. The van der Waals surface area contributed by atoms with Gasteiger partial charge in [0.15, 0.2) is 0 Å². The average Bonchev–Trinajstić information content (AvgIpc) is 2.45. The maximum Gasteiger partial charge on any atom is 0.123 e. The van der Waals surface area contributed by atoms with Crippen molar-refractivity contribution in [3.63, 3.8) is 0 Å². The van der Waals surface area contributed by atoms with Gasteiger partial charge in [0.2, 0.25) is 0 Å². The summed E-state index contributed by atoms with van der Waals surface area (Å²) in [4.78, 5) is 0. The SMILES string of the molecule is COc1cc(C)c(C(NN)c2ccc(F)cc2)cc1C. The van der Waals surface area contributed by atoms with Gasteiger partial charge in [-0.25, -0.2) is 9.82 Å². The first-order valence-electron chi connectivity index (χ1n) is 6.43. The van der Waals surface area contributed by atoms with Gasteiger partial charge in [-0.1, -0.05) is 18.2 Å². The predicted octanol–water partition coefficient (Wildman–Crippen LogP) is 3.00. The molecule has 2 aromatic rings. The van der Waals surface area contributed by atoms with Crippen LogP contribution in [0.4, 0.5) is 4.39 Å². The molecular weight excluding hydrogens is 255 g/mol. The second-order valence-electron chi connectivity index (χ2n) is 4.83. The molecule has 0 fully saturated rings. The van der Waals surface area contributed by atoms with E-state index in [1.807, 2.05) is 26.0 Å². The first-order chi connectivity index (χ1) is 9.56. The fourth-order valence-electron chi connectivity index (χ4n) is 2.36. The Kier molecular flexibility index (Phi) is 4.37. The Hall–Kier alpha value is -1.91. The molecule has 0 saturated heterocycles. The molecule has 3 N–H and O–H groups in total. The van der Waals surface area contributed by atoms with Crippen LogP contribution < -0.4 is 16.0 Å². The van der Waals surface area contributed by atoms with Gasteiger partial charge in [0, 0.05) is 0 Å². The topological polar surface area (TPSA) is 47.3 Å². The summed E-state index contributed by atoms with van der Waals surface area (Å²) in [6, 6.07) is 10.2. The van der Waals surface area contributed by atoms with Crippen molar-refractivity contribution in [2.45, 2.75) is 19.9 Å². The Labute approximate surface area is 118 Å². The molecule has 0 heterocycles. The standard InChI is InChI=1S/C16H19FN2O/c1-10-9-15(20-3)11(2)8-14(10)16(19-18)12-4-6-13(17)7-5-12/h4-9,16,19H,18H2,1-3H3. The largest absolute Gasteiger partial charge is 0.496 e. The van der Waals surface area contributed by atoms with E-state index in [1.165, 1.54) is 12.1 Å². The first-order valence-corrected chi connectivity index (χ1v) is 6.43. The summed E-state index contributed by atoms with van der Waals surface area (Å²) < 4.78 is 18.3. The number of nitrogens with one attached hydrogen (secondary N) is 1. The molecule has 106 valence electrons. The Bertz CT molecular complexity index is 596. The van der Waals surface area contributed by atoms with Crippen molar-refractivity contribution >= 4 is 0 Å². The van der Waals surface area contributed by atoms with Gasteiger partial charge in [0.1, 0.15) is 11.6 Å². The van der Waals surface area contributed by atoms with Gasteiger partial charge < -0.3 is 4.74 Å². The lowest BCUT2D eigenvalue weighted by atomic mass is 9.93. The molecule has 0 aliphatic rings. The number of ether oxygens (including phenoxy) is 1. The molecule has 1 unspecified atom stereocenters. The smallest absolute Gasteiger partial charge is 0.123 e. The highest BCUT2D eigenvalue weighted by molar-refractivity contribution is 5.45. The van der Waals surface area contributed by atoms with Gasteiger partial charge in [-0.3, -0.25) is 5.84 Å². The van der Waals surface area contributed by atoms with Gasteiger partial charge in [0.25, 0.3) is 0 Å². The van der Waals surface area contributed by atoms with Crippen molar-refractivity contribution < 1.29 is 9.13 Å². The van der Waals surface area contributed by atoms with E-state index in [4.69, 9.17) is 10.6 Å². The van der Waals surface area contributed by atoms with Crippen molar-refractivity contribution in [2.24, 2.45) is 5.84 Å². The van der Waals surface area contributed by atoms with Crippen LogP contribution in [0.1, 0.15) is 28.3 Å². The third-order valence-electron chi connectivity index (χ3n) is 3.46. The molecular formula is C16H19FN2O. The van der Waals surface area contributed by atoms with Gasteiger partial charge in [-0.15, -0.1) is 0 Å².